The van der Waals surface area contributed by atoms with E-state index in [9.17, 15) is 9.59 Å². The summed E-state index contributed by atoms with van der Waals surface area (Å²) in [5, 5.41) is 0. The van der Waals surface area contributed by atoms with Crippen LogP contribution < -0.4 is 0 Å². The molecule has 0 heterocycles. The quantitative estimate of drug-likeness (QED) is 0.660. The molecule has 0 aromatic rings. The highest BCUT2D eigenvalue weighted by molar-refractivity contribution is 5.93. The fourth-order valence-electron chi connectivity index (χ4n) is 8.70. The topological polar surface area (TPSA) is 34.1 Å². The number of fused-ring (bicyclic) bond motifs is 2. The fourth-order valence-corrected chi connectivity index (χ4v) is 8.70. The van der Waals surface area contributed by atoms with Crippen LogP contribution in [-0.2, 0) is 9.59 Å². The molecule has 5 aliphatic carbocycles. The van der Waals surface area contributed by atoms with Gasteiger partial charge in [0.05, 0.1) is 0 Å². The van der Waals surface area contributed by atoms with E-state index >= 15 is 0 Å². The summed E-state index contributed by atoms with van der Waals surface area (Å²) in [4.78, 5) is 24.7. The maximum absolute atomic E-state index is 12.9. The highest BCUT2D eigenvalue weighted by Gasteiger charge is 2.76. The van der Waals surface area contributed by atoms with Crippen LogP contribution in [0.1, 0.15) is 78.6 Å². The lowest BCUT2D eigenvalue weighted by atomic mass is 9.48. The molecule has 0 aliphatic heterocycles. The second kappa shape index (κ2) is 4.75. The molecule has 5 rings (SSSR count). The summed E-state index contributed by atoms with van der Waals surface area (Å²) < 4.78 is 0. The van der Waals surface area contributed by atoms with E-state index in [1.807, 2.05) is 13.0 Å². The number of ketones is 2. The van der Waals surface area contributed by atoms with Crippen LogP contribution in [0.15, 0.2) is 22.8 Å². The van der Waals surface area contributed by atoms with Crippen LogP contribution in [0.2, 0.25) is 0 Å². The average Bonchev–Trinajstić information content (AvgIpc) is 2.95. The van der Waals surface area contributed by atoms with Crippen molar-refractivity contribution in [2.75, 3.05) is 0 Å². The molecular formula is C23H30O2. The number of rotatable bonds is 1. The fraction of sp³-hybridized carbons (Fsp3) is 0.739. The molecule has 3 fully saturated rings. The number of carbonyl (C=O) groups excluding carboxylic acids is 2. The zero-order chi connectivity index (χ0) is 17.6. The summed E-state index contributed by atoms with van der Waals surface area (Å²) in [6.45, 7) is 6.69. The Morgan fingerprint density at radius 3 is 2.64 bits per heavy atom. The van der Waals surface area contributed by atoms with E-state index in [0.29, 0.717) is 35.2 Å². The third kappa shape index (κ3) is 1.59. The lowest BCUT2D eigenvalue weighted by molar-refractivity contribution is -0.136. The van der Waals surface area contributed by atoms with Crippen molar-refractivity contribution in [1.82, 2.24) is 0 Å². The van der Waals surface area contributed by atoms with Crippen LogP contribution in [0.3, 0.4) is 0 Å². The summed E-state index contributed by atoms with van der Waals surface area (Å²) in [7, 11) is 0. The normalized spacial score (nSPS) is 48.0. The summed E-state index contributed by atoms with van der Waals surface area (Å²) in [6, 6.07) is 0. The van der Waals surface area contributed by atoms with Crippen molar-refractivity contribution >= 4 is 11.6 Å². The highest BCUT2D eigenvalue weighted by Crippen LogP contribution is 2.81. The molecule has 0 aromatic carbocycles. The summed E-state index contributed by atoms with van der Waals surface area (Å²) >= 11 is 0. The van der Waals surface area contributed by atoms with Crippen molar-refractivity contribution in [3.8, 4) is 0 Å². The zero-order valence-electron chi connectivity index (χ0n) is 15.9. The van der Waals surface area contributed by atoms with Crippen LogP contribution in [0.4, 0.5) is 0 Å². The van der Waals surface area contributed by atoms with Gasteiger partial charge in [0.1, 0.15) is 5.78 Å². The third-order valence-corrected chi connectivity index (χ3v) is 9.61. The van der Waals surface area contributed by atoms with E-state index in [-0.39, 0.29) is 10.8 Å². The van der Waals surface area contributed by atoms with Crippen LogP contribution in [0, 0.1) is 28.1 Å². The molecule has 2 nitrogen and oxygen atoms in total. The molecule has 0 aromatic heterocycles. The van der Waals surface area contributed by atoms with E-state index < -0.39 is 0 Å². The van der Waals surface area contributed by atoms with Crippen molar-refractivity contribution in [1.29, 1.82) is 0 Å². The molecule has 1 unspecified atom stereocenters. The van der Waals surface area contributed by atoms with Gasteiger partial charge in [-0.3, -0.25) is 9.59 Å². The van der Waals surface area contributed by atoms with Gasteiger partial charge in [-0.25, -0.2) is 0 Å². The van der Waals surface area contributed by atoms with Gasteiger partial charge in [-0.05, 0) is 98.2 Å². The predicted molar refractivity (Wildman–Crippen MR) is 98.0 cm³/mol. The smallest absolute Gasteiger partial charge is 0.156 e. The van der Waals surface area contributed by atoms with E-state index in [4.69, 9.17) is 0 Å². The standard InChI is InChI=1S/C23H30O2/c1-14-13-22-10-11-23(14,15(2)24)21(22,3)9-8-19-18-6-5-17(25)12-16(18)4-7-20(19)22/h12,14,20H,4-11,13H2,1-3H3/t14-,20-,21+,22?,23-/m1/s1. The van der Waals surface area contributed by atoms with Gasteiger partial charge < -0.3 is 0 Å². The van der Waals surface area contributed by atoms with Crippen LogP contribution in [-0.4, -0.2) is 11.6 Å². The molecular weight excluding hydrogens is 308 g/mol. The van der Waals surface area contributed by atoms with Gasteiger partial charge in [-0.2, -0.15) is 0 Å². The van der Waals surface area contributed by atoms with E-state index in [0.717, 1.165) is 25.7 Å². The van der Waals surface area contributed by atoms with E-state index in [1.165, 1.54) is 31.3 Å². The Morgan fingerprint density at radius 1 is 1.12 bits per heavy atom. The molecule has 0 spiro atoms. The molecule has 0 N–H and O–H groups in total. The largest absolute Gasteiger partial charge is 0.299 e. The SMILES string of the molecule is CC(=O)[C@@]12CCC3(C[C@H]1C)[C@@H]1CCC4=CC(=O)CCC4=C1CC[C@@]32C. The van der Waals surface area contributed by atoms with E-state index in [1.54, 1.807) is 11.1 Å². The number of hydrogen-bond donors (Lipinski definition) is 0. The van der Waals surface area contributed by atoms with Gasteiger partial charge in [-0.1, -0.05) is 19.4 Å². The van der Waals surface area contributed by atoms with Crippen LogP contribution in [0.25, 0.3) is 0 Å². The number of Topliss-reactive ketones (excluding diaryl/α,β-unsaturated/α-hetero) is 1. The number of hydrogen-bond acceptors (Lipinski definition) is 2. The second-order valence-electron chi connectivity index (χ2n) is 9.85. The van der Waals surface area contributed by atoms with Gasteiger partial charge >= 0.3 is 0 Å². The van der Waals surface area contributed by atoms with Gasteiger partial charge in [-0.15, -0.1) is 0 Å². The number of carbonyl (C=O) groups is 2. The Labute approximate surface area is 151 Å². The molecule has 5 atom stereocenters. The molecule has 2 heteroatoms. The zero-order valence-corrected chi connectivity index (χ0v) is 15.9. The second-order valence-corrected chi connectivity index (χ2v) is 9.85. The minimum atomic E-state index is -0.0676. The first-order valence-corrected chi connectivity index (χ1v) is 10.3. The van der Waals surface area contributed by atoms with Crippen molar-refractivity contribution < 1.29 is 9.59 Å². The average molecular weight is 338 g/mol. The lowest BCUT2D eigenvalue weighted by Gasteiger charge is -2.55. The Hall–Kier alpha value is -1.18. The summed E-state index contributed by atoms with van der Waals surface area (Å²) in [5.74, 6) is 1.97. The van der Waals surface area contributed by atoms with E-state index in [2.05, 4.69) is 13.8 Å². The Balaban J connectivity index is 1.66. The van der Waals surface area contributed by atoms with Gasteiger partial charge in [0, 0.05) is 11.8 Å². The Bertz CT molecular complexity index is 756. The predicted octanol–water partition coefficient (Wildman–Crippen LogP) is 5.18. The molecule has 3 saturated carbocycles. The summed E-state index contributed by atoms with van der Waals surface area (Å²) in [5.41, 5.74) is 5.05. The van der Waals surface area contributed by atoms with Gasteiger partial charge in [0.25, 0.3) is 0 Å². The van der Waals surface area contributed by atoms with Gasteiger partial charge in [0.15, 0.2) is 5.78 Å². The maximum atomic E-state index is 12.9. The molecule has 0 radical (unpaired) electrons. The first-order valence-electron chi connectivity index (χ1n) is 10.3. The molecule has 2 bridgehead atoms. The molecule has 25 heavy (non-hydrogen) atoms. The van der Waals surface area contributed by atoms with Crippen LogP contribution >= 0.6 is 0 Å². The minimum absolute atomic E-state index is 0.0676. The monoisotopic (exact) mass is 338 g/mol. The Morgan fingerprint density at radius 2 is 1.92 bits per heavy atom. The first-order chi connectivity index (χ1) is 11.9. The van der Waals surface area contributed by atoms with Crippen molar-refractivity contribution in [2.45, 2.75) is 78.6 Å². The number of allylic oxidation sites excluding steroid dienone is 4. The summed E-state index contributed by atoms with van der Waals surface area (Å²) in [6.07, 6.45) is 11.8. The van der Waals surface area contributed by atoms with Crippen molar-refractivity contribution in [3.63, 3.8) is 0 Å². The molecule has 5 aliphatic rings. The van der Waals surface area contributed by atoms with Crippen molar-refractivity contribution in [2.24, 2.45) is 28.1 Å². The maximum Gasteiger partial charge on any atom is 0.156 e. The first kappa shape index (κ1) is 16.0. The lowest BCUT2D eigenvalue weighted by Crippen LogP contribution is -2.50. The Kier molecular flexibility index (Phi) is 3.05. The third-order valence-electron chi connectivity index (χ3n) is 9.61. The molecule has 134 valence electrons. The van der Waals surface area contributed by atoms with Crippen LogP contribution in [0.5, 0.6) is 0 Å². The minimum Gasteiger partial charge on any atom is -0.299 e. The van der Waals surface area contributed by atoms with Gasteiger partial charge in [0.2, 0.25) is 0 Å². The molecule has 0 amide bonds. The van der Waals surface area contributed by atoms with Crippen molar-refractivity contribution in [3.05, 3.63) is 22.8 Å². The highest BCUT2D eigenvalue weighted by atomic mass is 16.1. The molecule has 0 saturated heterocycles.